The maximum Gasteiger partial charge on any atom is 0.209 e. The second kappa shape index (κ2) is 5.65. The molecule has 2 saturated heterocycles. The first-order valence-electron chi connectivity index (χ1n) is 6.54. The van der Waals surface area contributed by atoms with Gasteiger partial charge in [-0.2, -0.15) is 0 Å². The van der Waals surface area contributed by atoms with Crippen LogP contribution in [0.4, 0.5) is 0 Å². The van der Waals surface area contributed by atoms with Gasteiger partial charge in [0, 0.05) is 18.6 Å². The second-order valence-corrected chi connectivity index (χ2v) is 6.90. The minimum atomic E-state index is -3.29. The molecule has 0 aromatic carbocycles. The second-order valence-electron chi connectivity index (χ2n) is 5.17. The minimum absolute atomic E-state index is 0.0844. The Morgan fingerprint density at radius 1 is 1.24 bits per heavy atom. The van der Waals surface area contributed by atoms with E-state index in [-0.39, 0.29) is 5.75 Å². The van der Waals surface area contributed by atoms with E-state index in [1.165, 1.54) is 38.8 Å². The van der Waals surface area contributed by atoms with Gasteiger partial charge >= 0.3 is 0 Å². The maximum absolute atomic E-state index is 10.8. The lowest BCUT2D eigenvalue weighted by Crippen LogP contribution is -2.45. The summed E-state index contributed by atoms with van der Waals surface area (Å²) >= 11 is 0. The largest absolute Gasteiger partial charge is 0.312 e. The van der Waals surface area contributed by atoms with Gasteiger partial charge in [-0.15, -0.1) is 0 Å². The molecule has 6 heteroatoms. The highest BCUT2D eigenvalue weighted by molar-refractivity contribution is 7.89. The Bertz CT molecular complexity index is 345. The van der Waals surface area contributed by atoms with E-state index >= 15 is 0 Å². The predicted molar refractivity (Wildman–Crippen MR) is 68.2 cm³/mol. The van der Waals surface area contributed by atoms with Crippen LogP contribution < -0.4 is 10.5 Å². The van der Waals surface area contributed by atoms with Gasteiger partial charge in [0.1, 0.15) is 0 Å². The van der Waals surface area contributed by atoms with E-state index in [4.69, 9.17) is 5.14 Å². The molecule has 2 fully saturated rings. The van der Waals surface area contributed by atoms with E-state index < -0.39 is 10.0 Å². The van der Waals surface area contributed by atoms with Gasteiger partial charge in [-0.25, -0.2) is 13.6 Å². The zero-order valence-corrected chi connectivity index (χ0v) is 11.1. The fraction of sp³-hybridized carbons (Fsp3) is 1.00. The van der Waals surface area contributed by atoms with E-state index in [1.807, 2.05) is 0 Å². The van der Waals surface area contributed by atoms with E-state index in [2.05, 4.69) is 10.2 Å². The van der Waals surface area contributed by atoms with E-state index in [1.54, 1.807) is 0 Å². The van der Waals surface area contributed by atoms with Gasteiger partial charge in [0.25, 0.3) is 0 Å². The van der Waals surface area contributed by atoms with Crippen LogP contribution in [0.25, 0.3) is 0 Å². The normalized spacial score (nSPS) is 30.4. The molecule has 0 aromatic rings. The molecule has 2 aliphatic rings. The Hall–Kier alpha value is -0.170. The first-order valence-corrected chi connectivity index (χ1v) is 8.26. The molecular weight excluding hydrogens is 238 g/mol. The fourth-order valence-electron chi connectivity index (χ4n) is 3.05. The molecule has 17 heavy (non-hydrogen) atoms. The van der Waals surface area contributed by atoms with Crippen molar-refractivity contribution in [2.24, 2.45) is 5.14 Å². The van der Waals surface area contributed by atoms with E-state index in [0.29, 0.717) is 18.5 Å². The zero-order valence-electron chi connectivity index (χ0n) is 10.3. The molecule has 0 radical (unpaired) electrons. The first-order chi connectivity index (χ1) is 8.06. The lowest BCUT2D eigenvalue weighted by Gasteiger charge is -2.32. The summed E-state index contributed by atoms with van der Waals surface area (Å²) in [5.74, 6) is 0.0844. The molecule has 0 bridgehead atoms. The monoisotopic (exact) mass is 261 g/mol. The summed E-state index contributed by atoms with van der Waals surface area (Å²) in [6.07, 6.45) is 5.75. The average molecular weight is 261 g/mol. The van der Waals surface area contributed by atoms with Gasteiger partial charge in [0.05, 0.1) is 5.75 Å². The van der Waals surface area contributed by atoms with Gasteiger partial charge in [-0.3, -0.25) is 4.90 Å². The molecule has 5 nitrogen and oxygen atoms in total. The molecule has 2 heterocycles. The van der Waals surface area contributed by atoms with Crippen LogP contribution in [0.1, 0.15) is 32.1 Å². The highest BCUT2D eigenvalue weighted by Gasteiger charge is 2.34. The number of fused-ring (bicyclic) bond motifs is 1. The number of rotatable bonds is 5. The van der Waals surface area contributed by atoms with Crippen molar-refractivity contribution in [2.45, 2.75) is 44.2 Å². The van der Waals surface area contributed by atoms with Crippen molar-refractivity contribution < 1.29 is 8.42 Å². The number of piperidine rings is 1. The molecule has 2 aliphatic heterocycles. The average Bonchev–Trinajstić information content (AvgIpc) is 2.67. The van der Waals surface area contributed by atoms with Crippen LogP contribution in [0.3, 0.4) is 0 Å². The lowest BCUT2D eigenvalue weighted by atomic mass is 9.99. The van der Waals surface area contributed by atoms with Crippen molar-refractivity contribution in [1.82, 2.24) is 10.2 Å². The lowest BCUT2D eigenvalue weighted by molar-refractivity contribution is 0.181. The molecule has 0 spiro atoms. The number of sulfonamides is 1. The third kappa shape index (κ3) is 3.91. The molecule has 0 aromatic heterocycles. The Balaban J connectivity index is 1.69. The SMILES string of the molecule is NS(=O)(=O)CCCNC1CCN2CCCCC12. The van der Waals surface area contributed by atoms with Crippen LogP contribution in [0.2, 0.25) is 0 Å². The highest BCUT2D eigenvalue weighted by atomic mass is 32.2. The summed E-state index contributed by atoms with van der Waals surface area (Å²) < 4.78 is 21.6. The van der Waals surface area contributed by atoms with Gasteiger partial charge in [0.15, 0.2) is 0 Å². The van der Waals surface area contributed by atoms with Crippen LogP contribution in [0, 0.1) is 0 Å². The van der Waals surface area contributed by atoms with Gasteiger partial charge in [-0.1, -0.05) is 6.42 Å². The van der Waals surface area contributed by atoms with E-state index in [9.17, 15) is 8.42 Å². The molecule has 3 N–H and O–H groups in total. The number of nitrogens with zero attached hydrogens (tertiary/aromatic N) is 1. The maximum atomic E-state index is 10.8. The van der Waals surface area contributed by atoms with Crippen LogP contribution in [-0.2, 0) is 10.0 Å². The predicted octanol–water partition coefficient (Wildman–Crippen LogP) is -0.119. The molecule has 0 saturated carbocycles. The summed E-state index contributed by atoms with van der Waals surface area (Å²) in [6.45, 7) is 3.18. The van der Waals surface area contributed by atoms with Gasteiger partial charge < -0.3 is 5.32 Å². The number of nitrogens with two attached hydrogens (primary N) is 1. The summed E-state index contributed by atoms with van der Waals surface area (Å²) in [6, 6.07) is 1.23. The number of hydrogen-bond donors (Lipinski definition) is 2. The Morgan fingerprint density at radius 3 is 2.82 bits per heavy atom. The Labute approximate surface area is 104 Å². The topological polar surface area (TPSA) is 75.4 Å². The van der Waals surface area contributed by atoms with Crippen molar-refractivity contribution in [1.29, 1.82) is 0 Å². The Kier molecular flexibility index (Phi) is 4.41. The zero-order chi connectivity index (χ0) is 12.3. The van der Waals surface area contributed by atoms with Crippen LogP contribution >= 0.6 is 0 Å². The standard InChI is InChI=1S/C11H23N3O2S/c12-17(15,16)9-3-6-13-10-5-8-14-7-2-1-4-11(10)14/h10-11,13H,1-9H2,(H2,12,15,16). The van der Waals surface area contributed by atoms with Crippen molar-refractivity contribution in [3.8, 4) is 0 Å². The summed E-state index contributed by atoms with van der Waals surface area (Å²) in [5.41, 5.74) is 0. The summed E-state index contributed by atoms with van der Waals surface area (Å²) in [4.78, 5) is 2.57. The first kappa shape index (κ1) is 13.3. The van der Waals surface area contributed by atoms with Gasteiger partial charge in [0.2, 0.25) is 10.0 Å². The van der Waals surface area contributed by atoms with Crippen molar-refractivity contribution >= 4 is 10.0 Å². The number of primary sulfonamides is 1. The summed E-state index contributed by atoms with van der Waals surface area (Å²) in [7, 11) is -3.29. The van der Waals surface area contributed by atoms with Crippen LogP contribution in [0.15, 0.2) is 0 Å². The van der Waals surface area contributed by atoms with Crippen molar-refractivity contribution in [3.05, 3.63) is 0 Å². The van der Waals surface area contributed by atoms with E-state index in [0.717, 1.165) is 6.54 Å². The molecule has 100 valence electrons. The number of nitrogens with one attached hydrogen (secondary N) is 1. The third-order valence-electron chi connectivity index (χ3n) is 3.87. The summed E-state index contributed by atoms with van der Waals surface area (Å²) in [5, 5.41) is 8.46. The minimum Gasteiger partial charge on any atom is -0.312 e. The van der Waals surface area contributed by atoms with Crippen molar-refractivity contribution in [3.63, 3.8) is 0 Å². The third-order valence-corrected chi connectivity index (χ3v) is 4.73. The molecule has 0 aliphatic carbocycles. The fourth-order valence-corrected chi connectivity index (χ4v) is 3.59. The molecule has 2 atom stereocenters. The highest BCUT2D eigenvalue weighted by Crippen LogP contribution is 2.26. The van der Waals surface area contributed by atoms with Gasteiger partial charge in [-0.05, 0) is 38.8 Å². The Morgan fingerprint density at radius 2 is 2.06 bits per heavy atom. The quantitative estimate of drug-likeness (QED) is 0.677. The van der Waals surface area contributed by atoms with Crippen LogP contribution in [-0.4, -0.2) is 50.8 Å². The number of hydrogen-bond acceptors (Lipinski definition) is 4. The molecular formula is C11H23N3O2S. The molecule has 2 unspecified atom stereocenters. The van der Waals surface area contributed by atoms with Crippen molar-refractivity contribution in [2.75, 3.05) is 25.4 Å². The molecule has 2 rings (SSSR count). The molecule has 0 amide bonds. The van der Waals surface area contributed by atoms with Crippen LogP contribution in [0.5, 0.6) is 0 Å². The smallest absolute Gasteiger partial charge is 0.209 e.